The molecule has 2 aromatic rings. The van der Waals surface area contributed by atoms with E-state index < -0.39 is 0 Å². The molecule has 0 aliphatic heterocycles. The Morgan fingerprint density at radius 2 is 1.95 bits per heavy atom. The summed E-state index contributed by atoms with van der Waals surface area (Å²) in [4.78, 5) is 12.1. The van der Waals surface area contributed by atoms with Crippen molar-refractivity contribution in [2.75, 3.05) is 5.32 Å². The zero-order valence-electron chi connectivity index (χ0n) is 13.0. The van der Waals surface area contributed by atoms with Gasteiger partial charge >= 0.3 is 6.03 Å². The van der Waals surface area contributed by atoms with E-state index in [2.05, 4.69) is 15.7 Å². The first kappa shape index (κ1) is 16.0. The first-order valence-electron chi connectivity index (χ1n) is 7.25. The quantitative estimate of drug-likeness (QED) is 0.892. The number of carbonyl (C=O) groups excluding carboxylic acids is 1. The van der Waals surface area contributed by atoms with E-state index in [9.17, 15) is 9.18 Å². The number of nitrogens with zero attached hydrogens (tertiary/aromatic N) is 2. The van der Waals surface area contributed by atoms with Crippen LogP contribution in [0.4, 0.5) is 15.0 Å². The molecular weight excluding hydrogens is 283 g/mol. The van der Waals surface area contributed by atoms with Crippen LogP contribution < -0.4 is 10.6 Å². The van der Waals surface area contributed by atoms with Crippen LogP contribution in [0.2, 0.25) is 0 Å². The Kier molecular flexibility index (Phi) is 5.14. The number of anilines is 1. The summed E-state index contributed by atoms with van der Waals surface area (Å²) in [6.07, 6.45) is 2.27. The minimum absolute atomic E-state index is 0.0429. The number of halogens is 1. The zero-order chi connectivity index (χ0) is 16.1. The molecule has 0 radical (unpaired) electrons. The van der Waals surface area contributed by atoms with Crippen LogP contribution in [0.3, 0.4) is 0 Å². The molecule has 5 nitrogen and oxygen atoms in total. The normalized spacial score (nSPS) is 12.2. The molecule has 0 bridgehead atoms. The van der Waals surface area contributed by atoms with E-state index >= 15 is 0 Å². The van der Waals surface area contributed by atoms with Gasteiger partial charge in [0.2, 0.25) is 0 Å². The summed E-state index contributed by atoms with van der Waals surface area (Å²) in [5.41, 5.74) is 0.987. The predicted molar refractivity (Wildman–Crippen MR) is 84.1 cm³/mol. The molecule has 0 aliphatic carbocycles. The molecule has 0 saturated carbocycles. The molecular formula is C16H21FN4O. The maximum Gasteiger partial charge on any atom is 0.320 e. The molecule has 1 aromatic carbocycles. The summed E-state index contributed by atoms with van der Waals surface area (Å²) in [6.45, 7) is 4.08. The third kappa shape index (κ3) is 4.31. The Balaban J connectivity index is 1.98. The minimum Gasteiger partial charge on any atom is -0.335 e. The van der Waals surface area contributed by atoms with Gasteiger partial charge in [0.1, 0.15) is 11.6 Å². The molecule has 1 heterocycles. The van der Waals surface area contributed by atoms with Crippen molar-refractivity contribution in [1.82, 2.24) is 15.1 Å². The van der Waals surface area contributed by atoms with Gasteiger partial charge in [-0.1, -0.05) is 26.0 Å². The number of urea groups is 1. The molecule has 22 heavy (non-hydrogen) atoms. The second-order valence-electron chi connectivity index (χ2n) is 5.62. The van der Waals surface area contributed by atoms with E-state index in [1.54, 1.807) is 36.1 Å². The van der Waals surface area contributed by atoms with Crippen LogP contribution in [-0.4, -0.2) is 21.9 Å². The maximum atomic E-state index is 13.0. The van der Waals surface area contributed by atoms with Gasteiger partial charge in [0.15, 0.2) is 0 Å². The molecule has 118 valence electrons. The first-order valence-corrected chi connectivity index (χ1v) is 7.25. The molecule has 6 heteroatoms. The van der Waals surface area contributed by atoms with Crippen LogP contribution in [0.5, 0.6) is 0 Å². The number of carbonyl (C=O) groups is 1. The average Bonchev–Trinajstić information content (AvgIpc) is 2.85. The number of aryl methyl sites for hydroxylation is 1. The summed E-state index contributed by atoms with van der Waals surface area (Å²) in [5, 5.41) is 9.72. The van der Waals surface area contributed by atoms with E-state index in [1.165, 1.54) is 12.1 Å². The summed E-state index contributed by atoms with van der Waals surface area (Å²) in [7, 11) is 1.76. The van der Waals surface area contributed by atoms with Crippen LogP contribution in [0.1, 0.15) is 19.4 Å². The first-order chi connectivity index (χ1) is 10.5. The van der Waals surface area contributed by atoms with E-state index in [4.69, 9.17) is 0 Å². The molecule has 1 aromatic heterocycles. The van der Waals surface area contributed by atoms with E-state index in [0.29, 0.717) is 12.2 Å². The average molecular weight is 304 g/mol. The van der Waals surface area contributed by atoms with Gasteiger partial charge in [-0.3, -0.25) is 10.00 Å². The van der Waals surface area contributed by atoms with Gasteiger partial charge in [-0.2, -0.15) is 5.10 Å². The Labute approximate surface area is 129 Å². The molecule has 2 amide bonds. The molecule has 0 spiro atoms. The van der Waals surface area contributed by atoms with Crippen molar-refractivity contribution in [2.45, 2.75) is 26.3 Å². The van der Waals surface area contributed by atoms with Crippen molar-refractivity contribution in [3.63, 3.8) is 0 Å². The van der Waals surface area contributed by atoms with Gasteiger partial charge in [-0.25, -0.2) is 9.18 Å². The highest BCUT2D eigenvalue weighted by Gasteiger charge is 2.17. The van der Waals surface area contributed by atoms with Crippen molar-refractivity contribution < 1.29 is 9.18 Å². The van der Waals surface area contributed by atoms with Gasteiger partial charge in [0, 0.05) is 19.2 Å². The smallest absolute Gasteiger partial charge is 0.320 e. The summed E-state index contributed by atoms with van der Waals surface area (Å²) < 4.78 is 14.5. The second kappa shape index (κ2) is 7.06. The highest BCUT2D eigenvalue weighted by Crippen LogP contribution is 2.12. The molecule has 2 rings (SSSR count). The van der Waals surface area contributed by atoms with E-state index in [0.717, 1.165) is 5.56 Å². The third-order valence-electron chi connectivity index (χ3n) is 3.55. The minimum atomic E-state index is -0.274. The lowest BCUT2D eigenvalue weighted by molar-refractivity contribution is 0.244. The van der Waals surface area contributed by atoms with Crippen LogP contribution >= 0.6 is 0 Å². The number of rotatable bonds is 5. The number of hydrogen-bond donors (Lipinski definition) is 2. The monoisotopic (exact) mass is 304 g/mol. The van der Waals surface area contributed by atoms with Crippen LogP contribution in [0, 0.1) is 11.7 Å². The van der Waals surface area contributed by atoms with E-state index in [-0.39, 0.29) is 23.8 Å². The van der Waals surface area contributed by atoms with Crippen LogP contribution in [0.25, 0.3) is 0 Å². The van der Waals surface area contributed by atoms with Gasteiger partial charge in [-0.15, -0.1) is 0 Å². The predicted octanol–water partition coefficient (Wildman–Crippen LogP) is 2.95. The Morgan fingerprint density at radius 3 is 2.50 bits per heavy atom. The fraction of sp³-hybridized carbons (Fsp3) is 0.375. The summed E-state index contributed by atoms with van der Waals surface area (Å²) in [6, 6.07) is 7.76. The van der Waals surface area contributed by atoms with Gasteiger partial charge < -0.3 is 5.32 Å². The molecule has 0 unspecified atom stereocenters. The van der Waals surface area contributed by atoms with Crippen LogP contribution in [-0.2, 0) is 13.5 Å². The molecule has 0 aliphatic rings. The molecule has 0 saturated heterocycles. The number of hydrogen-bond acceptors (Lipinski definition) is 2. The standard InChI is InChI=1S/C16H21FN4O/c1-11(2)14(10-12-4-6-13(17)7-5-12)19-16(22)20-15-8-9-18-21(15)3/h4-9,11,14H,10H2,1-3H3,(H2,19,20,22)/t14-/m1/s1. The van der Waals surface area contributed by atoms with Crippen molar-refractivity contribution in [1.29, 1.82) is 0 Å². The van der Waals surface area contributed by atoms with E-state index in [1.807, 2.05) is 13.8 Å². The second-order valence-corrected chi connectivity index (χ2v) is 5.62. The molecule has 2 N–H and O–H groups in total. The third-order valence-corrected chi connectivity index (χ3v) is 3.55. The lowest BCUT2D eigenvalue weighted by Gasteiger charge is -2.22. The molecule has 0 fully saturated rings. The lowest BCUT2D eigenvalue weighted by atomic mass is 9.96. The van der Waals surface area contributed by atoms with Crippen molar-refractivity contribution >= 4 is 11.8 Å². The number of benzene rings is 1. The Bertz CT molecular complexity index is 621. The highest BCUT2D eigenvalue weighted by molar-refractivity contribution is 5.88. The van der Waals surface area contributed by atoms with Crippen LogP contribution in [0.15, 0.2) is 36.5 Å². The maximum absolute atomic E-state index is 13.0. The Hall–Kier alpha value is -2.37. The van der Waals surface area contributed by atoms with Gasteiger partial charge in [0.25, 0.3) is 0 Å². The lowest BCUT2D eigenvalue weighted by Crippen LogP contribution is -2.42. The van der Waals surface area contributed by atoms with Gasteiger partial charge in [0.05, 0.1) is 6.20 Å². The fourth-order valence-corrected chi connectivity index (χ4v) is 2.15. The zero-order valence-corrected chi connectivity index (χ0v) is 13.0. The van der Waals surface area contributed by atoms with Crippen molar-refractivity contribution in [3.8, 4) is 0 Å². The number of aromatic nitrogens is 2. The highest BCUT2D eigenvalue weighted by atomic mass is 19.1. The van der Waals surface area contributed by atoms with Crippen molar-refractivity contribution in [3.05, 3.63) is 47.9 Å². The fourth-order valence-electron chi connectivity index (χ4n) is 2.15. The number of nitrogens with one attached hydrogen (secondary N) is 2. The molecule has 1 atom stereocenters. The SMILES string of the molecule is CC(C)[C@@H](Cc1ccc(F)cc1)NC(=O)Nc1ccnn1C. The Morgan fingerprint density at radius 1 is 1.27 bits per heavy atom. The van der Waals surface area contributed by atoms with Crippen molar-refractivity contribution in [2.24, 2.45) is 13.0 Å². The summed E-state index contributed by atoms with van der Waals surface area (Å²) in [5.74, 6) is 0.621. The number of amides is 2. The topological polar surface area (TPSA) is 59.0 Å². The largest absolute Gasteiger partial charge is 0.335 e. The van der Waals surface area contributed by atoms with Gasteiger partial charge in [-0.05, 0) is 30.0 Å². The summed E-state index contributed by atoms with van der Waals surface area (Å²) >= 11 is 0.